The zero-order valence-electron chi connectivity index (χ0n) is 14.2. The maximum Gasteiger partial charge on any atom is 0.323 e. The molecule has 2 amide bonds. The van der Waals surface area contributed by atoms with Crippen molar-refractivity contribution in [3.05, 3.63) is 41.5 Å². The third-order valence-electron chi connectivity index (χ3n) is 3.92. The van der Waals surface area contributed by atoms with E-state index < -0.39 is 0 Å². The van der Waals surface area contributed by atoms with Gasteiger partial charge in [-0.25, -0.2) is 4.79 Å². The van der Waals surface area contributed by atoms with Gasteiger partial charge in [0.25, 0.3) is 5.89 Å². The predicted molar refractivity (Wildman–Crippen MR) is 99.8 cm³/mol. The van der Waals surface area contributed by atoms with Crippen LogP contribution in [0.1, 0.15) is 31.5 Å². The summed E-state index contributed by atoms with van der Waals surface area (Å²) in [7, 11) is 0. The van der Waals surface area contributed by atoms with E-state index in [1.165, 1.54) is 11.3 Å². The Balaban J connectivity index is 1.42. The Bertz CT molecular complexity index is 899. The molecule has 2 aromatic heterocycles. The van der Waals surface area contributed by atoms with E-state index in [2.05, 4.69) is 20.8 Å². The van der Waals surface area contributed by atoms with E-state index >= 15 is 0 Å². The highest BCUT2D eigenvalue weighted by Crippen LogP contribution is 2.40. The fourth-order valence-electron chi connectivity index (χ4n) is 2.49. The maximum atomic E-state index is 12.3. The molecule has 0 radical (unpaired) electrons. The molecule has 0 saturated heterocycles. The second-order valence-electron chi connectivity index (χ2n) is 5.93. The summed E-state index contributed by atoms with van der Waals surface area (Å²) in [5.41, 5.74) is 1.32. The molecule has 1 saturated carbocycles. The summed E-state index contributed by atoms with van der Waals surface area (Å²) < 4.78 is 10.7. The number of ether oxygens (including phenoxy) is 1. The third-order valence-corrected chi connectivity index (χ3v) is 4.82. The van der Waals surface area contributed by atoms with Crippen LogP contribution in [-0.2, 0) is 0 Å². The van der Waals surface area contributed by atoms with Crippen molar-refractivity contribution in [1.82, 2.24) is 10.1 Å². The van der Waals surface area contributed by atoms with E-state index in [0.29, 0.717) is 29.8 Å². The van der Waals surface area contributed by atoms with Gasteiger partial charge in [-0.15, -0.1) is 11.3 Å². The molecule has 8 heteroatoms. The molecule has 134 valence electrons. The van der Waals surface area contributed by atoms with Crippen molar-refractivity contribution >= 4 is 28.7 Å². The maximum absolute atomic E-state index is 12.3. The minimum absolute atomic E-state index is 0.337. The van der Waals surface area contributed by atoms with Crippen molar-refractivity contribution in [1.29, 1.82) is 0 Å². The second-order valence-corrected chi connectivity index (χ2v) is 6.85. The van der Waals surface area contributed by atoms with Gasteiger partial charge in [0.05, 0.1) is 12.3 Å². The molecular weight excluding hydrogens is 352 g/mol. The molecule has 0 unspecified atom stereocenters. The standard InChI is InChI=1S/C18H18N4O3S/c1-2-24-13-7-5-12(6-8-13)19-18(23)20-14-9-10-26-15(14)17-21-16(22-25-17)11-3-4-11/h5-11H,2-4H2,1H3,(H2,19,20,23). The van der Waals surface area contributed by atoms with Crippen LogP contribution in [0.25, 0.3) is 10.8 Å². The summed E-state index contributed by atoms with van der Waals surface area (Å²) in [4.78, 5) is 17.5. The average molecular weight is 370 g/mol. The van der Waals surface area contributed by atoms with Crippen LogP contribution in [0.2, 0.25) is 0 Å². The molecule has 1 aromatic carbocycles. The molecule has 2 heterocycles. The topological polar surface area (TPSA) is 89.3 Å². The number of nitrogens with one attached hydrogen (secondary N) is 2. The normalized spacial score (nSPS) is 13.4. The van der Waals surface area contributed by atoms with Crippen molar-refractivity contribution in [3.63, 3.8) is 0 Å². The number of carbonyl (C=O) groups is 1. The van der Waals surface area contributed by atoms with E-state index in [0.717, 1.165) is 29.3 Å². The van der Waals surface area contributed by atoms with E-state index in [1.807, 2.05) is 30.5 Å². The second kappa shape index (κ2) is 7.17. The van der Waals surface area contributed by atoms with Crippen LogP contribution >= 0.6 is 11.3 Å². The molecule has 0 atom stereocenters. The lowest BCUT2D eigenvalue weighted by Gasteiger charge is -2.08. The average Bonchev–Trinajstić information content (AvgIpc) is 3.19. The molecule has 0 bridgehead atoms. The highest BCUT2D eigenvalue weighted by Gasteiger charge is 2.29. The number of urea groups is 1. The number of thiophene rings is 1. The summed E-state index contributed by atoms with van der Waals surface area (Å²) in [6.45, 7) is 2.53. The van der Waals surface area contributed by atoms with E-state index in [9.17, 15) is 4.79 Å². The molecule has 2 N–H and O–H groups in total. The zero-order valence-corrected chi connectivity index (χ0v) is 15.0. The van der Waals surface area contributed by atoms with Gasteiger partial charge in [-0.05, 0) is 55.5 Å². The molecule has 7 nitrogen and oxygen atoms in total. The number of hydrogen-bond acceptors (Lipinski definition) is 6. The number of aromatic nitrogens is 2. The van der Waals surface area contributed by atoms with Crippen LogP contribution in [-0.4, -0.2) is 22.8 Å². The molecule has 26 heavy (non-hydrogen) atoms. The van der Waals surface area contributed by atoms with Crippen molar-refractivity contribution in [2.24, 2.45) is 0 Å². The van der Waals surface area contributed by atoms with Crippen molar-refractivity contribution < 1.29 is 14.1 Å². The fourth-order valence-corrected chi connectivity index (χ4v) is 3.26. The van der Waals surface area contributed by atoms with Crippen LogP contribution in [0.15, 0.2) is 40.2 Å². The molecular formula is C18H18N4O3S. The van der Waals surface area contributed by atoms with Gasteiger partial charge >= 0.3 is 6.03 Å². The van der Waals surface area contributed by atoms with Crippen LogP contribution in [0.3, 0.4) is 0 Å². The minimum atomic E-state index is -0.337. The van der Waals surface area contributed by atoms with Crippen LogP contribution in [0, 0.1) is 0 Å². The Labute approximate surface area is 154 Å². The van der Waals surface area contributed by atoms with E-state index in [-0.39, 0.29) is 6.03 Å². The molecule has 0 spiro atoms. The van der Waals surface area contributed by atoms with Gasteiger partial charge in [0.2, 0.25) is 0 Å². The molecule has 1 aliphatic carbocycles. The molecule has 1 fully saturated rings. The van der Waals surface area contributed by atoms with Gasteiger partial charge in [0.1, 0.15) is 10.6 Å². The number of hydrogen-bond donors (Lipinski definition) is 2. The summed E-state index contributed by atoms with van der Waals surface area (Å²) >= 11 is 1.45. The lowest BCUT2D eigenvalue weighted by atomic mass is 10.3. The number of carbonyl (C=O) groups excluding carboxylic acids is 1. The molecule has 1 aliphatic rings. The summed E-state index contributed by atoms with van der Waals surface area (Å²) in [6, 6.07) is 8.69. The first-order valence-electron chi connectivity index (χ1n) is 8.45. The highest BCUT2D eigenvalue weighted by atomic mass is 32.1. The minimum Gasteiger partial charge on any atom is -0.494 e. The van der Waals surface area contributed by atoms with Gasteiger partial charge < -0.3 is 19.9 Å². The number of anilines is 2. The summed E-state index contributed by atoms with van der Waals surface area (Å²) in [5.74, 6) is 2.38. The van der Waals surface area contributed by atoms with Crippen molar-refractivity contribution in [2.45, 2.75) is 25.7 Å². The van der Waals surface area contributed by atoms with Gasteiger partial charge in [0.15, 0.2) is 5.82 Å². The van der Waals surface area contributed by atoms with Crippen molar-refractivity contribution in [3.8, 4) is 16.5 Å². The zero-order chi connectivity index (χ0) is 17.9. The van der Waals surface area contributed by atoms with E-state index in [1.54, 1.807) is 12.1 Å². The first-order valence-corrected chi connectivity index (χ1v) is 9.33. The van der Waals surface area contributed by atoms with Gasteiger partial charge in [-0.2, -0.15) is 4.98 Å². The monoisotopic (exact) mass is 370 g/mol. The number of rotatable bonds is 6. The molecule has 3 aromatic rings. The Morgan fingerprint density at radius 2 is 2.08 bits per heavy atom. The Kier molecular flexibility index (Phi) is 4.57. The molecule has 4 rings (SSSR count). The Morgan fingerprint density at radius 3 is 2.81 bits per heavy atom. The quantitative estimate of drug-likeness (QED) is 0.655. The van der Waals surface area contributed by atoms with Gasteiger partial charge in [-0.1, -0.05) is 5.16 Å². The van der Waals surface area contributed by atoms with Crippen molar-refractivity contribution in [2.75, 3.05) is 17.2 Å². The number of nitrogens with zero attached hydrogens (tertiary/aromatic N) is 2. The lowest BCUT2D eigenvalue weighted by Crippen LogP contribution is -2.19. The predicted octanol–water partition coefficient (Wildman–Crippen LogP) is 4.72. The first-order chi connectivity index (χ1) is 12.7. The summed E-state index contributed by atoms with van der Waals surface area (Å²) in [5, 5.41) is 11.5. The highest BCUT2D eigenvalue weighted by molar-refractivity contribution is 7.14. The van der Waals surface area contributed by atoms with E-state index in [4.69, 9.17) is 9.26 Å². The Hall–Kier alpha value is -2.87. The van der Waals surface area contributed by atoms with Crippen LogP contribution < -0.4 is 15.4 Å². The smallest absolute Gasteiger partial charge is 0.323 e. The largest absolute Gasteiger partial charge is 0.494 e. The summed E-state index contributed by atoms with van der Waals surface area (Å²) in [6.07, 6.45) is 2.22. The van der Waals surface area contributed by atoms with Gasteiger partial charge in [0, 0.05) is 11.6 Å². The van der Waals surface area contributed by atoms with Crippen LogP contribution in [0.4, 0.5) is 16.2 Å². The SMILES string of the molecule is CCOc1ccc(NC(=O)Nc2ccsc2-c2nc(C3CC3)no2)cc1. The van der Waals surface area contributed by atoms with Crippen LogP contribution in [0.5, 0.6) is 5.75 Å². The third kappa shape index (κ3) is 3.70. The first kappa shape index (κ1) is 16.6. The fraction of sp³-hybridized carbons (Fsp3) is 0.278. The number of amides is 2. The number of benzene rings is 1. The lowest BCUT2D eigenvalue weighted by molar-refractivity contribution is 0.262. The van der Waals surface area contributed by atoms with Gasteiger partial charge in [-0.3, -0.25) is 0 Å². The molecule has 0 aliphatic heterocycles. The Morgan fingerprint density at radius 1 is 1.27 bits per heavy atom.